The third-order valence-corrected chi connectivity index (χ3v) is 2.75. The lowest BCUT2D eigenvalue weighted by Crippen LogP contribution is -2.41. The third kappa shape index (κ3) is 3.90. The van der Waals surface area contributed by atoms with Gasteiger partial charge in [-0.2, -0.15) is 0 Å². The minimum atomic E-state index is -1.31. The third-order valence-electron chi connectivity index (χ3n) is 2.43. The predicted octanol–water partition coefficient (Wildman–Crippen LogP) is 0.814. The van der Waals surface area contributed by atoms with E-state index in [-0.39, 0.29) is 17.0 Å². The molecule has 0 bridgehead atoms. The van der Waals surface area contributed by atoms with E-state index in [1.54, 1.807) is 0 Å². The van der Waals surface area contributed by atoms with E-state index in [0.29, 0.717) is 0 Å². The highest BCUT2D eigenvalue weighted by Gasteiger charge is 2.22. The normalized spacial score (nSPS) is 11.7. The van der Waals surface area contributed by atoms with E-state index in [1.165, 1.54) is 12.1 Å². The summed E-state index contributed by atoms with van der Waals surface area (Å²) in [5.41, 5.74) is -0.543. The molecule has 1 rings (SSSR count). The van der Waals surface area contributed by atoms with E-state index >= 15 is 0 Å². The van der Waals surface area contributed by atoms with Gasteiger partial charge in [0.15, 0.2) is 0 Å². The molecule has 0 spiro atoms. The standard InChI is InChI=1S/C11H11ClN2O6/c12-7-2-1-6(5-9(7)14(19)20)10(16)13-8(3-4-15)11(17)18/h1-2,5,8,15H,3-4H2,(H,13,16)(H,17,18)/t8-/m0/s1. The molecule has 1 amide bonds. The highest BCUT2D eigenvalue weighted by molar-refractivity contribution is 6.32. The number of carboxylic acids is 1. The number of nitro groups is 1. The van der Waals surface area contributed by atoms with Crippen LogP contribution in [0.4, 0.5) is 5.69 Å². The Morgan fingerprint density at radius 2 is 2.10 bits per heavy atom. The molecular formula is C11H11ClN2O6. The van der Waals surface area contributed by atoms with Gasteiger partial charge < -0.3 is 15.5 Å². The maximum absolute atomic E-state index is 11.8. The second-order valence-electron chi connectivity index (χ2n) is 3.80. The average Bonchev–Trinajstić information content (AvgIpc) is 2.38. The Morgan fingerprint density at radius 1 is 1.45 bits per heavy atom. The van der Waals surface area contributed by atoms with Crippen LogP contribution in [0, 0.1) is 10.1 Å². The Kier molecular flexibility index (Phi) is 5.42. The fourth-order valence-electron chi connectivity index (χ4n) is 1.42. The number of nitrogens with one attached hydrogen (secondary N) is 1. The minimum absolute atomic E-state index is 0.0923. The maximum Gasteiger partial charge on any atom is 0.326 e. The lowest BCUT2D eigenvalue weighted by Gasteiger charge is -2.13. The zero-order valence-corrected chi connectivity index (χ0v) is 10.8. The first-order valence-corrected chi connectivity index (χ1v) is 5.83. The van der Waals surface area contributed by atoms with Gasteiger partial charge in [-0.25, -0.2) is 4.79 Å². The maximum atomic E-state index is 11.8. The molecule has 0 heterocycles. The molecule has 0 fully saturated rings. The summed E-state index contributed by atoms with van der Waals surface area (Å²) < 4.78 is 0. The Morgan fingerprint density at radius 3 is 2.60 bits per heavy atom. The number of hydrogen-bond donors (Lipinski definition) is 3. The van der Waals surface area contributed by atoms with Gasteiger partial charge in [-0.3, -0.25) is 14.9 Å². The fraction of sp³-hybridized carbons (Fsp3) is 0.273. The van der Waals surface area contributed by atoms with Gasteiger partial charge in [-0.15, -0.1) is 0 Å². The van der Waals surface area contributed by atoms with Crippen LogP contribution in [0.2, 0.25) is 5.02 Å². The van der Waals surface area contributed by atoms with Gasteiger partial charge in [-0.05, 0) is 12.1 Å². The molecule has 0 radical (unpaired) electrons. The van der Waals surface area contributed by atoms with Crippen molar-refractivity contribution in [2.24, 2.45) is 0 Å². The molecule has 0 aliphatic carbocycles. The molecule has 3 N–H and O–H groups in total. The first-order chi connectivity index (χ1) is 9.36. The molecule has 9 heteroatoms. The van der Waals surface area contributed by atoms with E-state index < -0.39 is 35.1 Å². The minimum Gasteiger partial charge on any atom is -0.480 e. The molecule has 1 atom stereocenters. The van der Waals surface area contributed by atoms with E-state index in [9.17, 15) is 19.7 Å². The largest absolute Gasteiger partial charge is 0.480 e. The monoisotopic (exact) mass is 302 g/mol. The Hall–Kier alpha value is -2.19. The Bertz CT molecular complexity index is 548. The van der Waals surface area contributed by atoms with Crippen LogP contribution in [0.25, 0.3) is 0 Å². The van der Waals surface area contributed by atoms with Crippen molar-refractivity contribution in [2.45, 2.75) is 12.5 Å². The van der Waals surface area contributed by atoms with Gasteiger partial charge in [0.05, 0.1) is 4.92 Å². The summed E-state index contributed by atoms with van der Waals surface area (Å²) in [6, 6.07) is 2.09. The molecule has 1 aromatic carbocycles. The molecule has 0 saturated heterocycles. The molecule has 20 heavy (non-hydrogen) atoms. The lowest BCUT2D eigenvalue weighted by molar-refractivity contribution is -0.384. The zero-order valence-electron chi connectivity index (χ0n) is 10.1. The SMILES string of the molecule is O=C(N[C@@H](CCO)C(=O)O)c1ccc(Cl)c([N+](=O)[O-])c1. The molecule has 8 nitrogen and oxygen atoms in total. The number of amides is 1. The number of hydrogen-bond acceptors (Lipinski definition) is 5. The molecule has 1 aromatic rings. The van der Waals surface area contributed by atoms with Crippen LogP contribution in [0.5, 0.6) is 0 Å². The number of aliphatic hydroxyl groups excluding tert-OH is 1. The number of halogens is 1. The number of aliphatic carboxylic acids is 1. The number of aliphatic hydroxyl groups is 1. The van der Waals surface area contributed by atoms with E-state index in [4.69, 9.17) is 21.8 Å². The smallest absolute Gasteiger partial charge is 0.326 e. The van der Waals surface area contributed by atoms with Crippen molar-refractivity contribution in [3.05, 3.63) is 38.9 Å². The van der Waals surface area contributed by atoms with E-state index in [1.807, 2.05) is 0 Å². The average molecular weight is 303 g/mol. The predicted molar refractivity (Wildman–Crippen MR) is 68.7 cm³/mol. The van der Waals surface area contributed by atoms with E-state index in [2.05, 4.69) is 5.32 Å². The van der Waals surface area contributed by atoms with Crippen LogP contribution in [-0.2, 0) is 4.79 Å². The Labute approximate surface area is 118 Å². The summed E-state index contributed by atoms with van der Waals surface area (Å²) >= 11 is 5.60. The molecule has 0 saturated carbocycles. The second-order valence-corrected chi connectivity index (χ2v) is 4.21. The van der Waals surface area contributed by atoms with Gasteiger partial charge in [0.2, 0.25) is 0 Å². The fourth-order valence-corrected chi connectivity index (χ4v) is 1.61. The number of nitro benzene ring substituents is 1. The number of rotatable bonds is 6. The number of carboxylic acid groups (broad SMARTS) is 1. The summed E-state index contributed by atoms with van der Waals surface area (Å²) in [5, 5.41) is 30.3. The summed E-state index contributed by atoms with van der Waals surface area (Å²) in [5.74, 6) is -2.11. The topological polar surface area (TPSA) is 130 Å². The molecule has 108 valence electrons. The summed E-state index contributed by atoms with van der Waals surface area (Å²) in [6.07, 6.45) is -0.170. The molecule has 0 unspecified atom stereocenters. The quantitative estimate of drug-likeness (QED) is 0.526. The summed E-state index contributed by atoms with van der Waals surface area (Å²) in [6.45, 7) is -0.419. The van der Waals surface area contributed by atoms with Gasteiger partial charge >= 0.3 is 5.97 Å². The van der Waals surface area contributed by atoms with Crippen molar-refractivity contribution >= 4 is 29.2 Å². The molecule has 0 aromatic heterocycles. The summed E-state index contributed by atoms with van der Waals surface area (Å²) in [7, 11) is 0. The van der Waals surface area contributed by atoms with Crippen LogP contribution in [0.3, 0.4) is 0 Å². The van der Waals surface area contributed by atoms with Crippen LogP contribution in [-0.4, -0.2) is 39.7 Å². The van der Waals surface area contributed by atoms with Crippen molar-refractivity contribution in [1.29, 1.82) is 0 Å². The number of carbonyl (C=O) groups is 2. The molecule has 0 aliphatic heterocycles. The van der Waals surface area contributed by atoms with Crippen LogP contribution < -0.4 is 5.32 Å². The van der Waals surface area contributed by atoms with Gasteiger partial charge in [0.1, 0.15) is 11.1 Å². The lowest BCUT2D eigenvalue weighted by atomic mass is 10.1. The van der Waals surface area contributed by atoms with Gasteiger partial charge in [0, 0.05) is 24.7 Å². The van der Waals surface area contributed by atoms with Crippen molar-refractivity contribution in [1.82, 2.24) is 5.32 Å². The van der Waals surface area contributed by atoms with E-state index in [0.717, 1.165) is 6.07 Å². The number of benzene rings is 1. The molecule has 0 aliphatic rings. The number of carbonyl (C=O) groups excluding carboxylic acids is 1. The first-order valence-electron chi connectivity index (χ1n) is 5.45. The summed E-state index contributed by atoms with van der Waals surface area (Å²) in [4.78, 5) is 32.6. The Balaban J connectivity index is 2.95. The van der Waals surface area contributed by atoms with Gasteiger partial charge in [-0.1, -0.05) is 11.6 Å². The first kappa shape index (κ1) is 15.9. The highest BCUT2D eigenvalue weighted by atomic mass is 35.5. The van der Waals surface area contributed by atoms with Crippen molar-refractivity contribution in [3.8, 4) is 0 Å². The van der Waals surface area contributed by atoms with Crippen LogP contribution >= 0.6 is 11.6 Å². The molecular weight excluding hydrogens is 292 g/mol. The zero-order chi connectivity index (χ0) is 15.3. The van der Waals surface area contributed by atoms with Crippen molar-refractivity contribution in [2.75, 3.05) is 6.61 Å². The van der Waals surface area contributed by atoms with Crippen molar-refractivity contribution in [3.63, 3.8) is 0 Å². The van der Waals surface area contributed by atoms with Crippen LogP contribution in [0.1, 0.15) is 16.8 Å². The highest BCUT2D eigenvalue weighted by Crippen LogP contribution is 2.25. The number of nitrogens with zero attached hydrogens (tertiary/aromatic N) is 1. The van der Waals surface area contributed by atoms with Crippen LogP contribution in [0.15, 0.2) is 18.2 Å². The van der Waals surface area contributed by atoms with Crippen molar-refractivity contribution < 1.29 is 24.7 Å². The second kappa shape index (κ2) is 6.83. The van der Waals surface area contributed by atoms with Gasteiger partial charge in [0.25, 0.3) is 11.6 Å².